The Bertz CT molecular complexity index is 574. The first kappa shape index (κ1) is 9.08. The summed E-state index contributed by atoms with van der Waals surface area (Å²) in [5.74, 6) is -0.906. The van der Waals surface area contributed by atoms with Crippen LogP contribution in [0.25, 0.3) is 11.4 Å². The van der Waals surface area contributed by atoms with Crippen molar-refractivity contribution in [2.75, 3.05) is 0 Å². The fourth-order valence-corrected chi connectivity index (χ4v) is 2.06. The number of hydrogen-bond donors (Lipinski definition) is 1. The Hall–Kier alpha value is -2.17. The van der Waals surface area contributed by atoms with Crippen LogP contribution in [0.5, 0.6) is 0 Å². The number of fused-ring (bicyclic) bond motifs is 3. The quantitative estimate of drug-likeness (QED) is 0.776. The van der Waals surface area contributed by atoms with Gasteiger partial charge in [0.1, 0.15) is 0 Å². The zero-order chi connectivity index (χ0) is 11.1. The summed E-state index contributed by atoms with van der Waals surface area (Å²) in [7, 11) is 0. The van der Waals surface area contributed by atoms with E-state index in [0.29, 0.717) is 6.54 Å². The summed E-state index contributed by atoms with van der Waals surface area (Å²) in [6.07, 6.45) is 4.09. The molecule has 1 aliphatic rings. The number of nitrogens with zero attached hydrogens (tertiary/aromatic N) is 3. The number of rotatable bonds is 1. The molecule has 5 nitrogen and oxygen atoms in total. The summed E-state index contributed by atoms with van der Waals surface area (Å²) < 4.78 is 1.71. The molecular weight excluding hydrogens is 206 g/mol. The van der Waals surface area contributed by atoms with Crippen LogP contribution in [0.1, 0.15) is 16.2 Å². The van der Waals surface area contributed by atoms with Crippen molar-refractivity contribution in [3.05, 3.63) is 35.9 Å². The molecule has 5 heteroatoms. The predicted octanol–water partition coefficient (Wildman–Crippen LogP) is 1.20. The average molecular weight is 215 g/mol. The predicted molar refractivity (Wildman–Crippen MR) is 56.1 cm³/mol. The van der Waals surface area contributed by atoms with Gasteiger partial charge in [0.05, 0.1) is 17.6 Å². The Morgan fingerprint density at radius 2 is 2.31 bits per heavy atom. The van der Waals surface area contributed by atoms with E-state index >= 15 is 0 Å². The molecule has 3 rings (SSSR count). The highest BCUT2D eigenvalue weighted by Gasteiger charge is 2.22. The highest BCUT2D eigenvalue weighted by molar-refractivity contribution is 5.85. The Balaban J connectivity index is 2.23. The summed E-state index contributed by atoms with van der Waals surface area (Å²) in [6, 6.07) is 3.91. The molecule has 0 saturated carbocycles. The summed E-state index contributed by atoms with van der Waals surface area (Å²) in [5, 5.41) is 8.97. The van der Waals surface area contributed by atoms with Crippen molar-refractivity contribution >= 4 is 5.97 Å². The molecule has 1 N–H and O–H groups in total. The van der Waals surface area contributed by atoms with Crippen molar-refractivity contribution in [1.29, 1.82) is 0 Å². The molecule has 2 aromatic heterocycles. The lowest BCUT2D eigenvalue weighted by atomic mass is 10.0. The molecule has 0 amide bonds. The van der Waals surface area contributed by atoms with Gasteiger partial charge in [-0.25, -0.2) is 9.78 Å². The second kappa shape index (κ2) is 3.16. The van der Waals surface area contributed by atoms with E-state index in [0.717, 1.165) is 23.4 Å². The number of hydrogen-bond acceptors (Lipinski definition) is 3. The smallest absolute Gasteiger partial charge is 0.372 e. The normalized spacial score (nSPS) is 13.0. The number of carboxylic acid groups (broad SMARTS) is 1. The van der Waals surface area contributed by atoms with Crippen LogP contribution in [-0.4, -0.2) is 25.6 Å². The molecule has 0 radical (unpaired) electrons. The summed E-state index contributed by atoms with van der Waals surface area (Å²) in [6.45, 7) is 0.648. The highest BCUT2D eigenvalue weighted by Crippen LogP contribution is 2.27. The Morgan fingerprint density at radius 3 is 3.12 bits per heavy atom. The van der Waals surface area contributed by atoms with Gasteiger partial charge in [-0.15, -0.1) is 0 Å². The molecule has 0 spiro atoms. The molecular formula is C11H9N3O2. The molecule has 80 valence electrons. The minimum absolute atomic E-state index is 0.0892. The Labute approximate surface area is 91.4 Å². The van der Waals surface area contributed by atoms with Crippen LogP contribution in [0.3, 0.4) is 0 Å². The van der Waals surface area contributed by atoms with Gasteiger partial charge in [0.25, 0.3) is 0 Å². The number of carbonyl (C=O) groups is 1. The minimum atomic E-state index is -0.995. The molecule has 0 aromatic carbocycles. The Morgan fingerprint density at radius 1 is 1.44 bits per heavy atom. The largest absolute Gasteiger partial charge is 0.475 e. The lowest BCUT2D eigenvalue weighted by Gasteiger charge is -2.17. The number of pyridine rings is 1. The topological polar surface area (TPSA) is 68.0 Å². The van der Waals surface area contributed by atoms with E-state index in [2.05, 4.69) is 9.97 Å². The highest BCUT2D eigenvalue weighted by atomic mass is 16.4. The third kappa shape index (κ3) is 1.14. The van der Waals surface area contributed by atoms with Crippen LogP contribution < -0.4 is 0 Å². The van der Waals surface area contributed by atoms with Crippen molar-refractivity contribution in [1.82, 2.24) is 14.5 Å². The van der Waals surface area contributed by atoms with Gasteiger partial charge >= 0.3 is 5.97 Å². The maximum absolute atomic E-state index is 10.9. The fourth-order valence-electron chi connectivity index (χ4n) is 2.06. The van der Waals surface area contributed by atoms with Gasteiger partial charge < -0.3 is 9.67 Å². The second-order valence-corrected chi connectivity index (χ2v) is 3.68. The van der Waals surface area contributed by atoms with Gasteiger partial charge in [-0.05, 0) is 18.1 Å². The van der Waals surface area contributed by atoms with Gasteiger partial charge in [0.15, 0.2) is 0 Å². The zero-order valence-corrected chi connectivity index (χ0v) is 8.42. The maximum atomic E-state index is 10.9. The van der Waals surface area contributed by atoms with E-state index in [4.69, 9.17) is 5.11 Å². The first-order valence-electron chi connectivity index (χ1n) is 5.00. The van der Waals surface area contributed by atoms with Crippen molar-refractivity contribution < 1.29 is 9.90 Å². The van der Waals surface area contributed by atoms with Gasteiger partial charge in [-0.3, -0.25) is 4.98 Å². The van der Waals surface area contributed by atoms with Gasteiger partial charge in [-0.2, -0.15) is 0 Å². The summed E-state index contributed by atoms with van der Waals surface area (Å²) >= 11 is 0. The first-order chi connectivity index (χ1) is 7.77. The number of aryl methyl sites for hydroxylation is 1. The minimum Gasteiger partial charge on any atom is -0.475 e. The standard InChI is InChI=1S/C11H9N3O2/c15-11(16)10-13-6-8-9-7(2-1-4-12-9)3-5-14(8)10/h1-2,4,6H,3,5H2,(H,15,16). The van der Waals surface area contributed by atoms with Crippen LogP contribution in [0, 0.1) is 0 Å². The second-order valence-electron chi connectivity index (χ2n) is 3.68. The third-order valence-corrected chi connectivity index (χ3v) is 2.79. The molecule has 1 aliphatic heterocycles. The van der Waals surface area contributed by atoms with Crippen molar-refractivity contribution in [2.45, 2.75) is 13.0 Å². The van der Waals surface area contributed by atoms with Crippen LogP contribution in [-0.2, 0) is 13.0 Å². The van der Waals surface area contributed by atoms with Gasteiger partial charge in [0, 0.05) is 12.7 Å². The van der Waals surface area contributed by atoms with E-state index < -0.39 is 5.97 Å². The first-order valence-corrected chi connectivity index (χ1v) is 5.00. The molecule has 3 heterocycles. The van der Waals surface area contributed by atoms with Gasteiger partial charge in [-0.1, -0.05) is 6.07 Å². The maximum Gasteiger partial charge on any atom is 0.372 e. The van der Waals surface area contributed by atoms with Crippen LogP contribution in [0.4, 0.5) is 0 Å². The molecule has 0 atom stereocenters. The van der Waals surface area contributed by atoms with E-state index in [-0.39, 0.29) is 5.82 Å². The van der Waals surface area contributed by atoms with Crippen molar-refractivity contribution in [2.24, 2.45) is 0 Å². The number of aromatic carboxylic acids is 1. The third-order valence-electron chi connectivity index (χ3n) is 2.79. The van der Waals surface area contributed by atoms with Crippen molar-refractivity contribution in [3.8, 4) is 11.4 Å². The lowest BCUT2D eigenvalue weighted by molar-refractivity contribution is 0.0678. The molecule has 0 unspecified atom stereocenters. The fraction of sp³-hybridized carbons (Fsp3) is 0.182. The molecule has 16 heavy (non-hydrogen) atoms. The van der Waals surface area contributed by atoms with Crippen LogP contribution in [0.2, 0.25) is 0 Å². The molecule has 0 fully saturated rings. The van der Waals surface area contributed by atoms with E-state index in [1.54, 1.807) is 17.0 Å². The SMILES string of the molecule is O=C(O)c1ncc2n1CCc1cccnc1-2. The zero-order valence-electron chi connectivity index (χ0n) is 8.42. The number of imidazole rings is 1. The number of carboxylic acids is 1. The molecule has 2 aromatic rings. The van der Waals surface area contributed by atoms with Crippen LogP contribution in [0.15, 0.2) is 24.5 Å². The van der Waals surface area contributed by atoms with Gasteiger partial charge in [0.2, 0.25) is 5.82 Å². The average Bonchev–Trinajstić information content (AvgIpc) is 2.73. The van der Waals surface area contributed by atoms with Crippen molar-refractivity contribution in [3.63, 3.8) is 0 Å². The number of aromatic nitrogens is 3. The molecule has 0 bridgehead atoms. The van der Waals surface area contributed by atoms with E-state index in [9.17, 15) is 4.79 Å². The summed E-state index contributed by atoms with van der Waals surface area (Å²) in [4.78, 5) is 19.1. The van der Waals surface area contributed by atoms with Crippen LogP contribution >= 0.6 is 0 Å². The summed E-state index contributed by atoms with van der Waals surface area (Å²) in [5.41, 5.74) is 2.78. The van der Waals surface area contributed by atoms with E-state index in [1.165, 1.54) is 0 Å². The lowest BCUT2D eigenvalue weighted by Crippen LogP contribution is -2.16. The Kier molecular flexibility index (Phi) is 1.80. The van der Waals surface area contributed by atoms with E-state index in [1.807, 2.05) is 12.1 Å². The molecule has 0 aliphatic carbocycles. The monoisotopic (exact) mass is 215 g/mol. The molecule has 0 saturated heterocycles.